The fourth-order valence-corrected chi connectivity index (χ4v) is 4.72. The third kappa shape index (κ3) is 5.68. The molecular formula is C28H34ClN3O4. The fourth-order valence-electron chi connectivity index (χ4n) is 4.55. The van der Waals surface area contributed by atoms with Gasteiger partial charge in [-0.3, -0.25) is 9.89 Å². The molecule has 0 radical (unpaired) electrons. The van der Waals surface area contributed by atoms with Crippen molar-refractivity contribution < 1.29 is 19.4 Å². The summed E-state index contributed by atoms with van der Waals surface area (Å²) in [6.45, 7) is 7.88. The predicted octanol–water partition coefficient (Wildman–Crippen LogP) is 6.37. The van der Waals surface area contributed by atoms with Crippen molar-refractivity contribution in [2.75, 3.05) is 19.8 Å². The van der Waals surface area contributed by atoms with Crippen LogP contribution in [-0.4, -0.2) is 52.0 Å². The van der Waals surface area contributed by atoms with Gasteiger partial charge >= 0.3 is 0 Å². The number of phenolic OH excluding ortho intramolecular Hbond substituents is 1. The normalized spacial score (nSPS) is 15.1. The lowest BCUT2D eigenvalue weighted by atomic mass is 9.95. The fraction of sp³-hybridized carbons (Fsp3) is 0.429. The second-order valence-corrected chi connectivity index (χ2v) is 9.76. The zero-order chi connectivity index (χ0) is 25.7. The monoisotopic (exact) mass is 511 g/mol. The molecule has 4 rings (SSSR count). The maximum atomic E-state index is 13.5. The Morgan fingerprint density at radius 2 is 1.97 bits per heavy atom. The molecule has 8 heteroatoms. The summed E-state index contributed by atoms with van der Waals surface area (Å²) in [6, 6.07) is 12.3. The molecule has 1 amide bonds. The molecule has 0 bridgehead atoms. The average Bonchev–Trinajstić information content (AvgIpc) is 3.40. The summed E-state index contributed by atoms with van der Waals surface area (Å²) in [6.07, 6.45) is 4.07. The number of carbonyl (C=O) groups excluding carboxylic acids is 1. The van der Waals surface area contributed by atoms with Crippen molar-refractivity contribution in [2.45, 2.75) is 58.6 Å². The maximum Gasteiger partial charge on any atom is 0.273 e. The third-order valence-corrected chi connectivity index (χ3v) is 6.50. The Bertz CT molecular complexity index is 1190. The molecule has 1 aromatic heterocycles. The summed E-state index contributed by atoms with van der Waals surface area (Å²) in [5.41, 5.74) is 3.07. The number of fused-ring (bicyclic) bond motifs is 1. The highest BCUT2D eigenvalue weighted by molar-refractivity contribution is 6.31. The molecule has 2 aromatic carbocycles. The Balaban J connectivity index is 1.71. The lowest BCUT2D eigenvalue weighted by Crippen LogP contribution is -2.31. The van der Waals surface area contributed by atoms with Crippen LogP contribution in [0, 0.1) is 0 Å². The summed E-state index contributed by atoms with van der Waals surface area (Å²) in [7, 11) is 0. The van der Waals surface area contributed by atoms with Crippen molar-refractivity contribution in [3.63, 3.8) is 0 Å². The Morgan fingerprint density at radius 3 is 2.75 bits per heavy atom. The second-order valence-electron chi connectivity index (χ2n) is 9.32. The number of hydrogen-bond acceptors (Lipinski definition) is 5. The molecule has 0 fully saturated rings. The quantitative estimate of drug-likeness (QED) is 0.276. The molecule has 2 N–H and O–H groups in total. The lowest BCUT2D eigenvalue weighted by Gasteiger charge is -2.27. The van der Waals surface area contributed by atoms with Crippen molar-refractivity contribution in [2.24, 2.45) is 0 Å². The van der Waals surface area contributed by atoms with Crippen LogP contribution in [0.5, 0.6) is 11.5 Å². The van der Waals surface area contributed by atoms with E-state index in [2.05, 4.69) is 17.1 Å². The molecule has 1 unspecified atom stereocenters. The van der Waals surface area contributed by atoms with E-state index in [0.29, 0.717) is 48.2 Å². The number of phenols is 1. The van der Waals surface area contributed by atoms with Crippen LogP contribution in [0.2, 0.25) is 5.02 Å². The highest BCUT2D eigenvalue weighted by Crippen LogP contribution is 2.45. The molecule has 1 aliphatic rings. The molecule has 36 heavy (non-hydrogen) atoms. The average molecular weight is 512 g/mol. The number of benzene rings is 2. The van der Waals surface area contributed by atoms with Crippen molar-refractivity contribution in [3.05, 3.63) is 64.3 Å². The lowest BCUT2D eigenvalue weighted by molar-refractivity contribution is 0.0601. The van der Waals surface area contributed by atoms with Crippen molar-refractivity contribution in [1.82, 2.24) is 15.1 Å². The summed E-state index contributed by atoms with van der Waals surface area (Å²) in [5.74, 6) is 0.689. The number of aromatic nitrogens is 2. The molecule has 192 valence electrons. The van der Waals surface area contributed by atoms with Gasteiger partial charge in [0.2, 0.25) is 0 Å². The van der Waals surface area contributed by atoms with Gasteiger partial charge in [0, 0.05) is 29.3 Å². The van der Waals surface area contributed by atoms with E-state index in [9.17, 15) is 9.90 Å². The van der Waals surface area contributed by atoms with E-state index in [1.807, 2.05) is 43.0 Å². The van der Waals surface area contributed by atoms with Gasteiger partial charge in [0.15, 0.2) is 0 Å². The van der Waals surface area contributed by atoms with Crippen molar-refractivity contribution in [1.29, 1.82) is 0 Å². The first-order chi connectivity index (χ1) is 17.4. The molecule has 2 heterocycles. The van der Waals surface area contributed by atoms with Gasteiger partial charge < -0.3 is 19.5 Å². The minimum atomic E-state index is -0.391. The number of nitrogens with one attached hydrogen (secondary N) is 1. The summed E-state index contributed by atoms with van der Waals surface area (Å²) in [4.78, 5) is 15.4. The number of ether oxygens (including phenoxy) is 2. The zero-order valence-corrected chi connectivity index (χ0v) is 21.8. The van der Waals surface area contributed by atoms with E-state index in [1.165, 1.54) is 6.07 Å². The van der Waals surface area contributed by atoms with Gasteiger partial charge in [-0.05, 0) is 62.6 Å². The number of amides is 1. The van der Waals surface area contributed by atoms with Gasteiger partial charge in [0.25, 0.3) is 5.91 Å². The Labute approximate surface area is 217 Å². The van der Waals surface area contributed by atoms with E-state index in [0.717, 1.165) is 36.1 Å². The van der Waals surface area contributed by atoms with Gasteiger partial charge in [-0.1, -0.05) is 43.5 Å². The van der Waals surface area contributed by atoms with Gasteiger partial charge in [-0.2, -0.15) is 5.10 Å². The number of nitrogens with zero attached hydrogens (tertiary/aromatic N) is 2. The smallest absolute Gasteiger partial charge is 0.273 e. The molecule has 0 spiro atoms. The van der Waals surface area contributed by atoms with Gasteiger partial charge in [0.1, 0.15) is 22.9 Å². The van der Waals surface area contributed by atoms with Crippen molar-refractivity contribution >= 4 is 17.5 Å². The summed E-state index contributed by atoms with van der Waals surface area (Å²) >= 11 is 6.24. The first kappa shape index (κ1) is 26.0. The first-order valence-electron chi connectivity index (χ1n) is 12.6. The standard InChI is InChI=1S/C28H34ClN3O4/c1-4-5-6-14-36-21-10-7-9-19(16-21)27-24-25(22-17-20(29)11-12-23(22)33)30-31-26(24)28(34)32(27)13-8-15-35-18(2)3/h7,9-12,16-18,27,33H,4-6,8,13-15H2,1-3H3,(H,30,31). The summed E-state index contributed by atoms with van der Waals surface area (Å²) < 4.78 is 11.7. The number of hydrogen-bond donors (Lipinski definition) is 2. The van der Waals surface area contributed by atoms with Crippen LogP contribution < -0.4 is 4.74 Å². The van der Waals surface area contributed by atoms with Crippen molar-refractivity contribution in [3.8, 4) is 22.8 Å². The van der Waals surface area contributed by atoms with Gasteiger partial charge in [0.05, 0.1) is 18.8 Å². The minimum absolute atomic E-state index is 0.0525. The number of carbonyl (C=O) groups is 1. The maximum absolute atomic E-state index is 13.5. The van der Waals surface area contributed by atoms with E-state index in [1.54, 1.807) is 12.1 Å². The molecule has 7 nitrogen and oxygen atoms in total. The molecular weight excluding hydrogens is 478 g/mol. The van der Waals surface area contributed by atoms with E-state index >= 15 is 0 Å². The van der Waals surface area contributed by atoms with Crippen LogP contribution in [0.15, 0.2) is 42.5 Å². The summed E-state index contributed by atoms with van der Waals surface area (Å²) in [5, 5.41) is 18.4. The number of rotatable bonds is 12. The SMILES string of the molecule is CCCCCOc1cccc(C2c3c(-c4cc(Cl)ccc4O)n[nH]c3C(=O)N2CCCOC(C)C)c1. The largest absolute Gasteiger partial charge is 0.507 e. The second kappa shape index (κ2) is 11.8. The molecule has 0 saturated carbocycles. The van der Waals surface area contributed by atoms with Crippen LogP contribution >= 0.6 is 11.6 Å². The number of unbranched alkanes of at least 4 members (excludes halogenated alkanes) is 2. The van der Waals surface area contributed by atoms with Crippen LogP contribution in [0.4, 0.5) is 0 Å². The van der Waals surface area contributed by atoms with Gasteiger partial charge in [-0.15, -0.1) is 0 Å². The topological polar surface area (TPSA) is 87.7 Å². The Kier molecular flexibility index (Phi) is 8.54. The number of aromatic amines is 1. The van der Waals surface area contributed by atoms with Crippen LogP contribution in [-0.2, 0) is 4.74 Å². The van der Waals surface area contributed by atoms with E-state index in [4.69, 9.17) is 21.1 Å². The Hall–Kier alpha value is -3.03. The first-order valence-corrected chi connectivity index (χ1v) is 13.0. The van der Waals surface area contributed by atoms with E-state index < -0.39 is 6.04 Å². The van der Waals surface area contributed by atoms with Crippen LogP contribution in [0.1, 0.15) is 74.1 Å². The molecule has 0 aliphatic carbocycles. The molecule has 1 atom stereocenters. The molecule has 3 aromatic rings. The highest BCUT2D eigenvalue weighted by atomic mass is 35.5. The van der Waals surface area contributed by atoms with E-state index in [-0.39, 0.29) is 17.8 Å². The van der Waals surface area contributed by atoms with Gasteiger partial charge in [-0.25, -0.2) is 0 Å². The number of aromatic hydroxyl groups is 1. The third-order valence-electron chi connectivity index (χ3n) is 6.26. The molecule has 0 saturated heterocycles. The van der Waals surface area contributed by atoms with Crippen LogP contribution in [0.25, 0.3) is 11.3 Å². The number of halogens is 1. The van der Waals surface area contributed by atoms with Crippen LogP contribution in [0.3, 0.4) is 0 Å². The zero-order valence-electron chi connectivity index (χ0n) is 21.1. The molecule has 1 aliphatic heterocycles. The number of H-pyrrole nitrogens is 1. The Morgan fingerprint density at radius 1 is 1.14 bits per heavy atom. The highest BCUT2D eigenvalue weighted by Gasteiger charge is 2.42. The minimum Gasteiger partial charge on any atom is -0.507 e. The predicted molar refractivity (Wildman–Crippen MR) is 141 cm³/mol.